The maximum absolute atomic E-state index is 11.2. The molecule has 0 bridgehead atoms. The van der Waals surface area contributed by atoms with Gasteiger partial charge >= 0.3 is 0 Å². The van der Waals surface area contributed by atoms with E-state index >= 15 is 0 Å². The molecule has 1 aliphatic heterocycles. The van der Waals surface area contributed by atoms with Crippen LogP contribution in [0, 0.1) is 5.92 Å². The zero-order chi connectivity index (χ0) is 7.56. The molecule has 0 aliphatic carbocycles. The minimum atomic E-state index is 0.0740. The van der Waals surface area contributed by atoms with Crippen LogP contribution in [0.5, 0.6) is 0 Å². The van der Waals surface area contributed by atoms with Crippen molar-refractivity contribution in [3.8, 4) is 0 Å². The van der Waals surface area contributed by atoms with Crippen LogP contribution in [0.3, 0.4) is 0 Å². The first-order chi connectivity index (χ1) is 4.79. The van der Waals surface area contributed by atoms with Gasteiger partial charge in [0.15, 0.2) is 5.78 Å². The molecule has 1 fully saturated rings. The summed E-state index contributed by atoms with van der Waals surface area (Å²) in [5.41, 5.74) is 5.38. The minimum absolute atomic E-state index is 0.0740. The lowest BCUT2D eigenvalue weighted by atomic mass is 10.0. The van der Waals surface area contributed by atoms with Gasteiger partial charge < -0.3 is 11.1 Å². The third kappa shape index (κ3) is 1.20. The third-order valence-electron chi connectivity index (χ3n) is 2.05. The molecule has 2 atom stereocenters. The van der Waals surface area contributed by atoms with Crippen molar-refractivity contribution >= 4 is 5.78 Å². The second-order valence-electron chi connectivity index (χ2n) is 2.70. The molecule has 0 spiro atoms. The van der Waals surface area contributed by atoms with Crippen molar-refractivity contribution in [3.05, 3.63) is 0 Å². The lowest BCUT2D eigenvalue weighted by molar-refractivity contribution is -0.121. The van der Waals surface area contributed by atoms with Gasteiger partial charge in [0.1, 0.15) is 0 Å². The molecule has 0 unspecified atom stereocenters. The molecule has 3 N–H and O–H groups in total. The summed E-state index contributed by atoms with van der Waals surface area (Å²) < 4.78 is 0. The second kappa shape index (κ2) is 3.12. The molecular weight excluding hydrogens is 128 g/mol. The van der Waals surface area contributed by atoms with E-state index in [-0.39, 0.29) is 12.0 Å². The van der Waals surface area contributed by atoms with E-state index < -0.39 is 0 Å². The van der Waals surface area contributed by atoms with E-state index in [0.717, 1.165) is 13.0 Å². The Hall–Kier alpha value is -0.410. The molecule has 3 nitrogen and oxygen atoms in total. The van der Waals surface area contributed by atoms with Gasteiger partial charge in [0, 0.05) is 19.0 Å². The van der Waals surface area contributed by atoms with Crippen molar-refractivity contribution < 1.29 is 4.79 Å². The molecule has 1 heterocycles. The van der Waals surface area contributed by atoms with Crippen LogP contribution in [0.2, 0.25) is 0 Å². The normalized spacial score (nSPS) is 33.2. The molecule has 10 heavy (non-hydrogen) atoms. The van der Waals surface area contributed by atoms with Crippen LogP contribution in [0.25, 0.3) is 0 Å². The van der Waals surface area contributed by atoms with E-state index in [2.05, 4.69) is 5.32 Å². The Bertz CT molecular complexity index is 122. The van der Waals surface area contributed by atoms with Crippen molar-refractivity contribution in [2.24, 2.45) is 11.7 Å². The summed E-state index contributed by atoms with van der Waals surface area (Å²) >= 11 is 0. The van der Waals surface area contributed by atoms with Crippen molar-refractivity contribution in [2.45, 2.75) is 19.4 Å². The summed E-state index contributed by atoms with van der Waals surface area (Å²) in [6.45, 7) is 3.27. The topological polar surface area (TPSA) is 55.1 Å². The van der Waals surface area contributed by atoms with E-state index in [0.29, 0.717) is 12.3 Å². The fraction of sp³-hybridized carbons (Fsp3) is 0.857. The molecule has 0 aromatic carbocycles. The lowest BCUT2D eigenvalue weighted by Crippen LogP contribution is -2.27. The first-order valence-electron chi connectivity index (χ1n) is 3.76. The van der Waals surface area contributed by atoms with E-state index in [1.54, 1.807) is 0 Å². The molecular formula is C7H14N2O. The lowest BCUT2D eigenvalue weighted by Gasteiger charge is -2.03. The standard InChI is InChI=1S/C7H14N2O/c1-2-6-7(10)5(3-8)4-9-6/h5-6,9H,2-4,8H2,1H3/t5-,6+/m0/s1. The Balaban J connectivity index is 2.49. The quantitative estimate of drug-likeness (QED) is 0.547. The summed E-state index contributed by atoms with van der Waals surface area (Å²) in [4.78, 5) is 11.2. The maximum Gasteiger partial charge on any atom is 0.155 e. The first-order valence-corrected chi connectivity index (χ1v) is 3.76. The number of hydrogen-bond donors (Lipinski definition) is 2. The molecule has 0 saturated carbocycles. The summed E-state index contributed by atoms with van der Waals surface area (Å²) in [6.07, 6.45) is 0.884. The smallest absolute Gasteiger partial charge is 0.155 e. The Morgan fingerprint density at radius 2 is 2.50 bits per heavy atom. The van der Waals surface area contributed by atoms with Crippen LogP contribution in [-0.4, -0.2) is 24.9 Å². The summed E-state index contributed by atoms with van der Waals surface area (Å²) in [6, 6.07) is 0.0774. The van der Waals surface area contributed by atoms with Crippen molar-refractivity contribution in [1.29, 1.82) is 0 Å². The Kier molecular flexibility index (Phi) is 2.40. The predicted octanol–water partition coefficient (Wildman–Crippen LogP) is -0.488. The third-order valence-corrected chi connectivity index (χ3v) is 2.05. The average Bonchev–Trinajstić information content (AvgIpc) is 2.30. The summed E-state index contributed by atoms with van der Waals surface area (Å²) in [7, 11) is 0. The van der Waals surface area contributed by atoms with Gasteiger partial charge in [-0.3, -0.25) is 4.79 Å². The number of nitrogens with two attached hydrogens (primary N) is 1. The van der Waals surface area contributed by atoms with Crippen molar-refractivity contribution in [3.63, 3.8) is 0 Å². The predicted molar refractivity (Wildman–Crippen MR) is 39.6 cm³/mol. The molecule has 1 rings (SSSR count). The zero-order valence-corrected chi connectivity index (χ0v) is 6.26. The van der Waals surface area contributed by atoms with E-state index in [1.807, 2.05) is 6.92 Å². The number of hydrogen-bond acceptors (Lipinski definition) is 3. The van der Waals surface area contributed by atoms with Crippen LogP contribution >= 0.6 is 0 Å². The van der Waals surface area contributed by atoms with Crippen LogP contribution in [0.1, 0.15) is 13.3 Å². The van der Waals surface area contributed by atoms with Crippen molar-refractivity contribution in [1.82, 2.24) is 5.32 Å². The molecule has 1 saturated heterocycles. The monoisotopic (exact) mass is 142 g/mol. The van der Waals surface area contributed by atoms with Gasteiger partial charge in [-0.1, -0.05) is 6.92 Å². The molecule has 1 aliphatic rings. The van der Waals surface area contributed by atoms with E-state index in [4.69, 9.17) is 5.73 Å². The largest absolute Gasteiger partial charge is 0.330 e. The Morgan fingerprint density at radius 3 is 2.80 bits per heavy atom. The molecule has 58 valence electrons. The van der Waals surface area contributed by atoms with Gasteiger partial charge in [-0.05, 0) is 6.42 Å². The number of nitrogens with one attached hydrogen (secondary N) is 1. The highest BCUT2D eigenvalue weighted by Crippen LogP contribution is 2.09. The van der Waals surface area contributed by atoms with Gasteiger partial charge in [0.05, 0.1) is 6.04 Å². The number of rotatable bonds is 2. The minimum Gasteiger partial charge on any atom is -0.330 e. The Morgan fingerprint density at radius 1 is 1.80 bits per heavy atom. The van der Waals surface area contributed by atoms with Gasteiger partial charge in [0.2, 0.25) is 0 Å². The summed E-state index contributed by atoms with van der Waals surface area (Å²) in [5, 5.41) is 3.13. The molecule has 0 aromatic rings. The van der Waals surface area contributed by atoms with Gasteiger partial charge in [0.25, 0.3) is 0 Å². The Labute approximate surface area is 61.0 Å². The summed E-state index contributed by atoms with van der Waals surface area (Å²) in [5.74, 6) is 0.370. The number of Topliss-reactive ketones (excluding diaryl/α,β-unsaturated/α-hetero) is 1. The fourth-order valence-electron chi connectivity index (χ4n) is 1.32. The maximum atomic E-state index is 11.2. The van der Waals surface area contributed by atoms with E-state index in [1.165, 1.54) is 0 Å². The van der Waals surface area contributed by atoms with Crippen LogP contribution in [-0.2, 0) is 4.79 Å². The molecule has 3 heteroatoms. The number of carbonyl (C=O) groups excluding carboxylic acids is 1. The van der Waals surface area contributed by atoms with Crippen molar-refractivity contribution in [2.75, 3.05) is 13.1 Å². The first kappa shape index (κ1) is 7.69. The van der Waals surface area contributed by atoms with E-state index in [9.17, 15) is 4.79 Å². The van der Waals surface area contributed by atoms with Gasteiger partial charge in [-0.15, -0.1) is 0 Å². The fourth-order valence-corrected chi connectivity index (χ4v) is 1.32. The zero-order valence-electron chi connectivity index (χ0n) is 6.26. The van der Waals surface area contributed by atoms with Crippen LogP contribution < -0.4 is 11.1 Å². The molecule has 0 aromatic heterocycles. The highest BCUT2D eigenvalue weighted by atomic mass is 16.1. The van der Waals surface area contributed by atoms with Crippen LogP contribution in [0.15, 0.2) is 0 Å². The second-order valence-corrected chi connectivity index (χ2v) is 2.70. The molecule has 0 amide bonds. The number of carbonyl (C=O) groups is 1. The van der Waals surface area contributed by atoms with Crippen LogP contribution in [0.4, 0.5) is 0 Å². The average molecular weight is 142 g/mol. The number of ketones is 1. The van der Waals surface area contributed by atoms with Gasteiger partial charge in [-0.25, -0.2) is 0 Å². The highest BCUT2D eigenvalue weighted by molar-refractivity contribution is 5.88. The molecule has 0 radical (unpaired) electrons. The highest BCUT2D eigenvalue weighted by Gasteiger charge is 2.30. The van der Waals surface area contributed by atoms with Gasteiger partial charge in [-0.2, -0.15) is 0 Å². The SMILES string of the molecule is CC[C@H]1NC[C@H](CN)C1=O.